The van der Waals surface area contributed by atoms with E-state index in [0.717, 1.165) is 15.7 Å². The molecule has 0 saturated heterocycles. The van der Waals surface area contributed by atoms with E-state index in [2.05, 4.69) is 5.32 Å². The molecular formula is C22H21N3O4. The molecule has 0 aliphatic heterocycles. The molecule has 7 heteroatoms. The number of hydrogen-bond donors (Lipinski definition) is 1. The number of nitrogens with zero attached hydrogens (tertiary/aromatic N) is 2. The van der Waals surface area contributed by atoms with Crippen molar-refractivity contribution in [3.63, 3.8) is 0 Å². The topological polar surface area (TPSA) is 78.4 Å². The second-order valence-corrected chi connectivity index (χ2v) is 6.76. The van der Waals surface area contributed by atoms with Crippen molar-refractivity contribution >= 4 is 17.0 Å². The fourth-order valence-electron chi connectivity index (χ4n) is 3.36. The molecule has 0 saturated carbocycles. The van der Waals surface area contributed by atoms with Gasteiger partial charge in [0, 0.05) is 20.6 Å². The number of aryl methyl sites for hydroxylation is 1. The van der Waals surface area contributed by atoms with E-state index in [1.807, 2.05) is 54.6 Å². The molecule has 2 aromatic carbocycles. The van der Waals surface area contributed by atoms with Gasteiger partial charge in [0.25, 0.3) is 5.56 Å². The summed E-state index contributed by atoms with van der Waals surface area (Å²) in [5.74, 6) is 1.15. The Morgan fingerprint density at radius 1 is 0.966 bits per heavy atom. The van der Waals surface area contributed by atoms with Crippen LogP contribution in [-0.2, 0) is 20.6 Å². The molecule has 2 heterocycles. The van der Waals surface area contributed by atoms with Crippen molar-refractivity contribution < 1.29 is 9.15 Å². The van der Waals surface area contributed by atoms with Crippen molar-refractivity contribution in [3.05, 3.63) is 81.0 Å². The molecular weight excluding hydrogens is 370 g/mol. The molecule has 7 nitrogen and oxygen atoms in total. The maximum Gasteiger partial charge on any atom is 0.333 e. The van der Waals surface area contributed by atoms with Crippen molar-refractivity contribution in [2.75, 3.05) is 12.4 Å². The van der Waals surface area contributed by atoms with Crippen molar-refractivity contribution in [1.29, 1.82) is 0 Å². The van der Waals surface area contributed by atoms with Crippen LogP contribution in [0.5, 0.6) is 5.75 Å². The molecule has 148 valence electrons. The average molecular weight is 391 g/mol. The number of fused-ring (bicyclic) bond motifs is 1. The van der Waals surface area contributed by atoms with Crippen molar-refractivity contribution in [2.24, 2.45) is 14.1 Å². The van der Waals surface area contributed by atoms with Crippen molar-refractivity contribution in [2.45, 2.75) is 6.54 Å². The summed E-state index contributed by atoms with van der Waals surface area (Å²) in [6, 6.07) is 17.2. The Labute approximate surface area is 166 Å². The lowest BCUT2D eigenvalue weighted by molar-refractivity contribution is 0.415. The highest BCUT2D eigenvalue weighted by atomic mass is 16.5. The maximum absolute atomic E-state index is 12.9. The first-order valence-corrected chi connectivity index (χ1v) is 9.16. The number of anilines is 1. The fraction of sp³-hybridized carbons (Fsp3) is 0.182. The minimum Gasteiger partial charge on any atom is -0.497 e. The number of ether oxygens (including phenoxy) is 1. The molecule has 29 heavy (non-hydrogen) atoms. The van der Waals surface area contributed by atoms with Crippen LogP contribution in [0, 0.1) is 0 Å². The van der Waals surface area contributed by atoms with Crippen LogP contribution in [0.1, 0.15) is 5.56 Å². The van der Waals surface area contributed by atoms with Gasteiger partial charge in [0.1, 0.15) is 11.1 Å². The molecule has 0 atom stereocenters. The summed E-state index contributed by atoms with van der Waals surface area (Å²) in [6.45, 7) is 0.512. The van der Waals surface area contributed by atoms with Gasteiger partial charge in [-0.3, -0.25) is 13.9 Å². The van der Waals surface area contributed by atoms with E-state index in [-0.39, 0.29) is 5.71 Å². The van der Waals surface area contributed by atoms with Gasteiger partial charge in [-0.1, -0.05) is 42.5 Å². The number of benzene rings is 2. The van der Waals surface area contributed by atoms with Crippen LogP contribution in [0.15, 0.2) is 68.6 Å². The van der Waals surface area contributed by atoms with Crippen molar-refractivity contribution in [3.8, 4) is 16.9 Å². The van der Waals surface area contributed by atoms with Gasteiger partial charge in [-0.05, 0) is 23.3 Å². The predicted molar refractivity (Wildman–Crippen MR) is 112 cm³/mol. The molecule has 0 radical (unpaired) electrons. The second kappa shape index (κ2) is 7.35. The zero-order valence-corrected chi connectivity index (χ0v) is 16.4. The summed E-state index contributed by atoms with van der Waals surface area (Å²) in [5, 5.41) is 3.63. The van der Waals surface area contributed by atoms with Crippen LogP contribution < -0.4 is 21.3 Å². The fourth-order valence-corrected chi connectivity index (χ4v) is 3.36. The largest absolute Gasteiger partial charge is 0.497 e. The van der Waals surface area contributed by atoms with E-state index in [4.69, 9.17) is 9.15 Å². The first-order chi connectivity index (χ1) is 14.0. The summed E-state index contributed by atoms with van der Waals surface area (Å²) >= 11 is 0. The zero-order valence-electron chi connectivity index (χ0n) is 16.4. The highest BCUT2D eigenvalue weighted by Gasteiger charge is 2.23. The molecule has 0 unspecified atom stereocenters. The van der Waals surface area contributed by atoms with Crippen molar-refractivity contribution in [1.82, 2.24) is 9.13 Å². The average Bonchev–Trinajstić information content (AvgIpc) is 3.15. The van der Waals surface area contributed by atoms with Crippen LogP contribution in [0.2, 0.25) is 0 Å². The second-order valence-electron chi connectivity index (χ2n) is 6.76. The Bertz CT molecular complexity index is 1280. The van der Waals surface area contributed by atoms with E-state index in [0.29, 0.717) is 29.1 Å². The van der Waals surface area contributed by atoms with Crippen LogP contribution in [-0.4, -0.2) is 16.2 Å². The molecule has 0 amide bonds. The number of nitrogens with one attached hydrogen (secondary N) is 1. The summed E-state index contributed by atoms with van der Waals surface area (Å²) in [6.07, 6.45) is 0. The van der Waals surface area contributed by atoms with E-state index < -0.39 is 11.2 Å². The Balaban J connectivity index is 1.93. The number of hydrogen-bond acceptors (Lipinski definition) is 5. The van der Waals surface area contributed by atoms with E-state index in [1.54, 1.807) is 14.2 Å². The minimum absolute atomic E-state index is 0.236. The van der Waals surface area contributed by atoms with Gasteiger partial charge in [0.05, 0.1) is 12.7 Å². The van der Waals surface area contributed by atoms with Gasteiger partial charge in [0.15, 0.2) is 0 Å². The third kappa shape index (κ3) is 3.20. The lowest BCUT2D eigenvalue weighted by Gasteiger charge is -2.07. The molecule has 0 aliphatic carbocycles. The molecule has 0 fully saturated rings. The van der Waals surface area contributed by atoms with Gasteiger partial charge in [-0.2, -0.15) is 0 Å². The maximum atomic E-state index is 12.9. The Hall–Kier alpha value is -3.74. The van der Waals surface area contributed by atoms with Gasteiger partial charge in [-0.25, -0.2) is 4.79 Å². The SMILES string of the molecule is COc1ccc(-c2c(NCc3ccccc3)oc3c2c(=O)n(C)c(=O)n3C)cc1. The molecule has 1 N–H and O–H groups in total. The van der Waals surface area contributed by atoms with E-state index in [1.165, 1.54) is 11.6 Å². The third-order valence-corrected chi connectivity index (χ3v) is 4.96. The standard InChI is InChI=1S/C22H21N3O4/c1-24-20(26)18-17(15-9-11-16(28-3)12-10-15)19(29-21(18)25(2)22(24)27)23-13-14-7-5-4-6-8-14/h4-12,23H,13H2,1-3H3. The van der Waals surface area contributed by atoms with Gasteiger partial charge in [0.2, 0.25) is 11.6 Å². The number of furan rings is 1. The van der Waals surface area contributed by atoms with Crippen LogP contribution >= 0.6 is 0 Å². The Morgan fingerprint density at radius 3 is 2.31 bits per heavy atom. The summed E-state index contributed by atoms with van der Waals surface area (Å²) in [7, 11) is 4.65. The molecule has 0 aliphatic rings. The van der Waals surface area contributed by atoms with Crippen LogP contribution in [0.4, 0.5) is 5.88 Å². The molecule has 0 bridgehead atoms. The van der Waals surface area contributed by atoms with Gasteiger partial charge < -0.3 is 14.5 Å². The van der Waals surface area contributed by atoms with E-state index >= 15 is 0 Å². The predicted octanol–water partition coefficient (Wildman–Crippen LogP) is 3.12. The first-order valence-electron chi connectivity index (χ1n) is 9.16. The van der Waals surface area contributed by atoms with Gasteiger partial charge >= 0.3 is 5.69 Å². The Morgan fingerprint density at radius 2 is 1.66 bits per heavy atom. The number of rotatable bonds is 5. The summed E-state index contributed by atoms with van der Waals surface area (Å²) < 4.78 is 13.7. The van der Waals surface area contributed by atoms with E-state index in [9.17, 15) is 9.59 Å². The quantitative estimate of drug-likeness (QED) is 0.566. The lowest BCUT2D eigenvalue weighted by atomic mass is 10.0. The minimum atomic E-state index is -0.438. The monoisotopic (exact) mass is 391 g/mol. The smallest absolute Gasteiger partial charge is 0.333 e. The third-order valence-electron chi connectivity index (χ3n) is 4.96. The number of aromatic nitrogens is 2. The summed E-state index contributed by atoms with van der Waals surface area (Å²) in [4.78, 5) is 25.3. The highest BCUT2D eigenvalue weighted by Crippen LogP contribution is 2.37. The first kappa shape index (κ1) is 18.6. The number of methoxy groups -OCH3 is 1. The molecule has 4 rings (SSSR count). The Kier molecular flexibility index (Phi) is 4.72. The molecule has 4 aromatic rings. The normalized spacial score (nSPS) is 11.0. The van der Waals surface area contributed by atoms with Crippen LogP contribution in [0.3, 0.4) is 0 Å². The molecule has 0 spiro atoms. The highest BCUT2D eigenvalue weighted by molar-refractivity contribution is 5.98. The lowest BCUT2D eigenvalue weighted by Crippen LogP contribution is -2.36. The zero-order chi connectivity index (χ0) is 20.5. The molecule has 2 aromatic heterocycles. The van der Waals surface area contributed by atoms with Gasteiger partial charge in [-0.15, -0.1) is 0 Å². The van der Waals surface area contributed by atoms with Crippen LogP contribution in [0.25, 0.3) is 22.2 Å². The summed E-state index contributed by atoms with van der Waals surface area (Å²) in [5.41, 5.74) is 1.87.